The van der Waals surface area contributed by atoms with Gasteiger partial charge < -0.3 is 25.4 Å². The maximum absolute atomic E-state index is 13.4. The highest BCUT2D eigenvalue weighted by Gasteiger charge is 2.55. The molecule has 33 heavy (non-hydrogen) atoms. The molecule has 4 bridgehead atoms. The Morgan fingerprint density at radius 2 is 1.91 bits per heavy atom. The van der Waals surface area contributed by atoms with Gasteiger partial charge in [-0.15, -0.1) is 11.8 Å². The molecule has 7 rings (SSSR count). The first-order valence-corrected chi connectivity index (χ1v) is 13.3. The minimum Gasteiger partial charge on any atom is -0.474 e. The molecule has 1 heterocycles. The van der Waals surface area contributed by atoms with E-state index in [1.165, 1.54) is 6.42 Å². The van der Waals surface area contributed by atoms with Gasteiger partial charge in [0.15, 0.2) is 0 Å². The number of rotatable bonds is 8. The van der Waals surface area contributed by atoms with E-state index >= 15 is 0 Å². The maximum atomic E-state index is 13.4. The molecule has 0 radical (unpaired) electrons. The maximum Gasteiger partial charge on any atom is 0.291 e. The molecule has 6 fully saturated rings. The number of aliphatic hydroxyl groups is 1. The number of hydrogen-bond donors (Lipinski definition) is 3. The van der Waals surface area contributed by atoms with Crippen LogP contribution in [0.5, 0.6) is 5.88 Å². The zero-order chi connectivity index (χ0) is 22.8. The first kappa shape index (κ1) is 21.8. The average molecular weight is 476 g/mol. The van der Waals surface area contributed by atoms with Gasteiger partial charge in [-0.25, -0.2) is 0 Å². The van der Waals surface area contributed by atoms with Gasteiger partial charge in [-0.3, -0.25) is 9.59 Å². The summed E-state index contributed by atoms with van der Waals surface area (Å²) in [5.74, 6) is 1.13. The molecule has 6 aliphatic rings. The molecule has 6 aliphatic carbocycles. The smallest absolute Gasteiger partial charge is 0.291 e. The second-order valence-electron chi connectivity index (χ2n) is 11.3. The number of ether oxygens (including phenoxy) is 1. The third-order valence-electron chi connectivity index (χ3n) is 9.02. The number of carbonyl (C=O) groups excluding carboxylic acids is 2. The van der Waals surface area contributed by atoms with Gasteiger partial charge in [-0.05, 0) is 80.7 Å². The summed E-state index contributed by atoms with van der Waals surface area (Å²) in [5.41, 5.74) is 4.45. The monoisotopic (exact) mass is 475 g/mol. The molecule has 0 aliphatic heterocycles. The lowest BCUT2D eigenvalue weighted by Gasteiger charge is -2.58. The molecule has 8 nitrogen and oxygen atoms in total. The molecular formula is C24H33N3O5S. The van der Waals surface area contributed by atoms with Gasteiger partial charge in [0.2, 0.25) is 11.7 Å². The molecule has 0 saturated heterocycles. The van der Waals surface area contributed by atoms with E-state index in [1.54, 1.807) is 11.8 Å². The SMILES string of the molecule is NC(=O)C1(COc2noc(C(=O)N[C@H]3C4CC5CC3C[C@](O)(C5)C4)c2SC2CCC2)CCC1. The van der Waals surface area contributed by atoms with Crippen molar-refractivity contribution >= 4 is 23.6 Å². The first-order valence-electron chi connectivity index (χ1n) is 12.5. The van der Waals surface area contributed by atoms with E-state index in [9.17, 15) is 14.7 Å². The van der Waals surface area contributed by atoms with Crippen LogP contribution in [0.1, 0.15) is 81.2 Å². The molecule has 0 spiro atoms. The lowest BCUT2D eigenvalue weighted by atomic mass is 9.52. The van der Waals surface area contributed by atoms with Crippen LogP contribution in [0.15, 0.2) is 9.42 Å². The average Bonchev–Trinajstić information content (AvgIpc) is 3.08. The molecule has 2 unspecified atom stereocenters. The minimum atomic E-state index is -0.638. The predicted molar refractivity (Wildman–Crippen MR) is 121 cm³/mol. The number of primary amides is 1. The van der Waals surface area contributed by atoms with Crippen molar-refractivity contribution in [1.29, 1.82) is 0 Å². The molecule has 2 amide bonds. The van der Waals surface area contributed by atoms with Crippen LogP contribution in [0.4, 0.5) is 0 Å². The Bertz CT molecular complexity index is 940. The number of nitrogens with zero attached hydrogens (tertiary/aromatic N) is 1. The van der Waals surface area contributed by atoms with Crippen LogP contribution >= 0.6 is 11.8 Å². The van der Waals surface area contributed by atoms with Crippen LogP contribution in [0.25, 0.3) is 0 Å². The predicted octanol–water partition coefficient (Wildman–Crippen LogP) is 3.02. The Balaban J connectivity index is 1.19. The summed E-state index contributed by atoms with van der Waals surface area (Å²) >= 11 is 1.60. The number of carbonyl (C=O) groups is 2. The highest BCUT2D eigenvalue weighted by Crippen LogP contribution is 2.55. The van der Waals surface area contributed by atoms with Crippen LogP contribution in [0.2, 0.25) is 0 Å². The Hall–Kier alpha value is -1.74. The van der Waals surface area contributed by atoms with Gasteiger partial charge in [-0.2, -0.15) is 0 Å². The van der Waals surface area contributed by atoms with Crippen LogP contribution in [0.3, 0.4) is 0 Å². The largest absolute Gasteiger partial charge is 0.474 e. The summed E-state index contributed by atoms with van der Waals surface area (Å²) in [6.07, 6.45) is 10.4. The molecule has 4 N–H and O–H groups in total. The Morgan fingerprint density at radius 3 is 2.45 bits per heavy atom. The van der Waals surface area contributed by atoms with Gasteiger partial charge >= 0.3 is 0 Å². The van der Waals surface area contributed by atoms with Crippen molar-refractivity contribution in [2.75, 3.05) is 6.61 Å². The number of thioether (sulfide) groups is 1. The summed E-state index contributed by atoms with van der Waals surface area (Å²) in [6, 6.07) is 0.0680. The fourth-order valence-electron chi connectivity index (χ4n) is 6.97. The summed E-state index contributed by atoms with van der Waals surface area (Å²) in [7, 11) is 0. The van der Waals surface area contributed by atoms with Gasteiger partial charge in [-0.1, -0.05) is 12.8 Å². The lowest BCUT2D eigenvalue weighted by Crippen LogP contribution is -2.61. The Kier molecular flexibility index (Phi) is 5.21. The van der Waals surface area contributed by atoms with Crippen LogP contribution in [-0.2, 0) is 4.79 Å². The normalized spacial score (nSPS) is 36.2. The summed E-state index contributed by atoms with van der Waals surface area (Å²) in [6.45, 7) is 0.168. The molecule has 1 aromatic heterocycles. The Morgan fingerprint density at radius 1 is 1.18 bits per heavy atom. The standard InChI is InChI=1S/C24H33N3O5S/c25-22(29)23(5-2-6-23)12-31-21-19(33-16-3-1-4-16)18(32-27-21)20(28)26-17-14-7-13-8-15(17)11-24(30,9-13)10-14/h13-17,30H,1-12H2,(H2,25,29)(H,26,28)/t13?,14?,15?,17-,24-. The van der Waals surface area contributed by atoms with Crippen molar-refractivity contribution in [3.63, 3.8) is 0 Å². The molecule has 0 aromatic carbocycles. The third-order valence-corrected chi connectivity index (χ3v) is 10.4. The quantitative estimate of drug-likeness (QED) is 0.527. The third kappa shape index (κ3) is 3.75. The van der Waals surface area contributed by atoms with Gasteiger partial charge in [0.05, 0.1) is 11.0 Å². The van der Waals surface area contributed by atoms with E-state index in [4.69, 9.17) is 15.0 Å². The van der Waals surface area contributed by atoms with Gasteiger partial charge in [0.25, 0.3) is 11.8 Å². The molecule has 9 heteroatoms. The zero-order valence-electron chi connectivity index (χ0n) is 18.9. The number of hydrogen-bond acceptors (Lipinski definition) is 7. The number of amides is 2. The van der Waals surface area contributed by atoms with Gasteiger partial charge in [0, 0.05) is 11.3 Å². The highest BCUT2D eigenvalue weighted by atomic mass is 32.2. The van der Waals surface area contributed by atoms with Crippen molar-refractivity contribution < 1.29 is 24.0 Å². The first-order chi connectivity index (χ1) is 15.8. The van der Waals surface area contributed by atoms with Crippen LogP contribution in [-0.4, -0.2) is 45.6 Å². The fourth-order valence-corrected chi connectivity index (χ4v) is 8.31. The van der Waals surface area contributed by atoms with E-state index in [0.717, 1.165) is 64.2 Å². The van der Waals surface area contributed by atoms with E-state index < -0.39 is 11.0 Å². The summed E-state index contributed by atoms with van der Waals surface area (Å²) in [5, 5.41) is 18.6. The van der Waals surface area contributed by atoms with Crippen molar-refractivity contribution in [2.24, 2.45) is 28.9 Å². The van der Waals surface area contributed by atoms with Crippen LogP contribution < -0.4 is 15.8 Å². The van der Waals surface area contributed by atoms with E-state index in [0.29, 0.717) is 33.8 Å². The second kappa shape index (κ2) is 7.90. The molecule has 6 saturated carbocycles. The zero-order valence-corrected chi connectivity index (χ0v) is 19.7. The highest BCUT2D eigenvalue weighted by molar-refractivity contribution is 8.00. The van der Waals surface area contributed by atoms with Crippen LogP contribution in [0, 0.1) is 23.2 Å². The molecule has 1 aromatic rings. The number of nitrogens with two attached hydrogens (primary N) is 1. The number of nitrogens with one attached hydrogen (secondary N) is 1. The van der Waals surface area contributed by atoms with E-state index in [2.05, 4.69) is 10.5 Å². The molecule has 2 atom stereocenters. The van der Waals surface area contributed by atoms with Crippen molar-refractivity contribution in [2.45, 2.75) is 92.4 Å². The van der Waals surface area contributed by atoms with Crippen molar-refractivity contribution in [3.8, 4) is 5.88 Å². The topological polar surface area (TPSA) is 128 Å². The number of aromatic nitrogens is 1. The molecular weight excluding hydrogens is 442 g/mol. The molecule has 180 valence electrons. The van der Waals surface area contributed by atoms with Gasteiger partial charge in [0.1, 0.15) is 11.5 Å². The lowest BCUT2D eigenvalue weighted by molar-refractivity contribution is -0.137. The second-order valence-corrected chi connectivity index (χ2v) is 12.6. The van der Waals surface area contributed by atoms with E-state index in [1.807, 2.05) is 0 Å². The fraction of sp³-hybridized carbons (Fsp3) is 0.792. The van der Waals surface area contributed by atoms with Crippen molar-refractivity contribution in [3.05, 3.63) is 5.76 Å². The summed E-state index contributed by atoms with van der Waals surface area (Å²) in [4.78, 5) is 25.9. The van der Waals surface area contributed by atoms with Crippen molar-refractivity contribution in [1.82, 2.24) is 10.5 Å². The Labute approximate surface area is 197 Å². The summed E-state index contributed by atoms with van der Waals surface area (Å²) < 4.78 is 11.5. The minimum absolute atomic E-state index is 0.0680. The van der Waals surface area contributed by atoms with E-state index in [-0.39, 0.29) is 30.2 Å².